The van der Waals surface area contributed by atoms with Gasteiger partial charge in [-0.25, -0.2) is 0 Å². The lowest BCUT2D eigenvalue weighted by molar-refractivity contribution is -0.206. The number of thioether (sulfide) groups is 1. The fraction of sp³-hybridized carbons (Fsp3) is 0.742. The van der Waals surface area contributed by atoms with Gasteiger partial charge in [0.2, 0.25) is 0 Å². The van der Waals surface area contributed by atoms with Crippen LogP contribution in [0.4, 0.5) is 11.4 Å². The molecule has 0 radical (unpaired) electrons. The molecule has 1 N–H and O–H groups in total. The van der Waals surface area contributed by atoms with Crippen molar-refractivity contribution in [2.75, 3.05) is 48.0 Å². The van der Waals surface area contributed by atoms with E-state index in [1.54, 1.807) is 13.1 Å². The second kappa shape index (κ2) is 10.3. The first-order valence-electron chi connectivity index (χ1n) is 14.7. The molecule has 3 aliphatic carbocycles. The molecule has 2 bridgehead atoms. The van der Waals surface area contributed by atoms with E-state index in [1.807, 2.05) is 23.6 Å². The Morgan fingerprint density at radius 2 is 1.85 bits per heavy atom. The molecule has 220 valence electrons. The molecule has 4 aliphatic rings. The first kappa shape index (κ1) is 29.4. The zero-order valence-electron chi connectivity index (χ0n) is 24.5. The van der Waals surface area contributed by atoms with Crippen LogP contribution in [0.15, 0.2) is 22.2 Å². The molecule has 1 aromatic rings. The molecule has 0 unspecified atom stereocenters. The fourth-order valence-electron chi connectivity index (χ4n) is 8.77. The minimum Gasteiger partial charge on any atom is -0.460 e. The molecule has 0 spiro atoms. The van der Waals surface area contributed by atoms with Gasteiger partial charge in [0.25, 0.3) is 10.9 Å². The zero-order chi connectivity index (χ0) is 29.2. The van der Waals surface area contributed by atoms with Gasteiger partial charge >= 0.3 is 5.97 Å². The average Bonchev–Trinajstić information content (AvgIpc) is 3.29. The summed E-state index contributed by atoms with van der Waals surface area (Å²) in [5, 5.41) is 11.7. The highest BCUT2D eigenvalue weighted by Crippen LogP contribution is 2.68. The van der Waals surface area contributed by atoms with Crippen LogP contribution in [0.1, 0.15) is 59.8 Å². The van der Waals surface area contributed by atoms with E-state index in [9.17, 15) is 24.3 Å². The smallest absolute Gasteiger partial charge is 0.325 e. The van der Waals surface area contributed by atoms with Gasteiger partial charge in [0.15, 0.2) is 0 Å². The van der Waals surface area contributed by atoms with Crippen molar-refractivity contribution in [1.29, 1.82) is 0 Å². The van der Waals surface area contributed by atoms with Gasteiger partial charge in [-0.1, -0.05) is 33.8 Å². The number of hydrogen-bond acceptors (Lipinski definition) is 9. The molecule has 5 rings (SSSR count). The summed E-state index contributed by atoms with van der Waals surface area (Å²) in [6.07, 6.45) is 3.80. The van der Waals surface area contributed by atoms with Gasteiger partial charge in [0, 0.05) is 54.8 Å². The third-order valence-corrected chi connectivity index (χ3v) is 12.5. The summed E-state index contributed by atoms with van der Waals surface area (Å²) in [4.78, 5) is 55.7. The van der Waals surface area contributed by atoms with Crippen molar-refractivity contribution in [3.8, 4) is 0 Å². The third kappa shape index (κ3) is 4.20. The standard InChI is InChI=1S/C31H44N2O6S/c1-7-29(4)16-21(30(5)18(2)8-10-31(19(3)28(29)38)11-9-20(34)27(30)31)39-22(35)17-32(6)23-24(26(37)25(23)36)33-12-14-40-15-13-33/h7,18-19,21,27-28,38H,1,8-17H2,2-6H3/t18-,19+,21-,27+,28+,29-,30+,31+/m1/s1. The van der Waals surface area contributed by atoms with E-state index in [1.165, 1.54) is 4.90 Å². The summed E-state index contributed by atoms with van der Waals surface area (Å²) >= 11 is 1.81. The molecule has 1 heterocycles. The van der Waals surface area contributed by atoms with E-state index in [0.29, 0.717) is 31.6 Å². The number of hydrogen-bond donors (Lipinski definition) is 1. The topological polar surface area (TPSA) is 104 Å². The number of carbonyl (C=O) groups excluding carboxylic acids is 2. The summed E-state index contributed by atoms with van der Waals surface area (Å²) in [6.45, 7) is 13.6. The second-order valence-electron chi connectivity index (χ2n) is 13.4. The Morgan fingerprint density at radius 3 is 2.50 bits per heavy atom. The van der Waals surface area contributed by atoms with E-state index < -0.39 is 39.9 Å². The van der Waals surface area contributed by atoms with Crippen LogP contribution < -0.4 is 20.7 Å². The summed E-state index contributed by atoms with van der Waals surface area (Å²) < 4.78 is 6.32. The normalized spacial score (nSPS) is 39.8. The van der Waals surface area contributed by atoms with Crippen LogP contribution in [0, 0.1) is 34.0 Å². The molecule has 1 aliphatic heterocycles. The van der Waals surface area contributed by atoms with Crippen molar-refractivity contribution in [3.05, 3.63) is 33.1 Å². The van der Waals surface area contributed by atoms with Crippen LogP contribution in [0.2, 0.25) is 0 Å². The van der Waals surface area contributed by atoms with E-state index >= 15 is 0 Å². The number of nitrogens with zero attached hydrogens (tertiary/aromatic N) is 2. The Labute approximate surface area is 241 Å². The van der Waals surface area contributed by atoms with Crippen molar-refractivity contribution >= 4 is 34.9 Å². The molecule has 40 heavy (non-hydrogen) atoms. The van der Waals surface area contributed by atoms with E-state index in [-0.39, 0.29) is 41.2 Å². The van der Waals surface area contributed by atoms with E-state index in [2.05, 4.69) is 27.4 Å². The largest absolute Gasteiger partial charge is 0.460 e. The summed E-state index contributed by atoms with van der Waals surface area (Å²) in [7, 11) is 1.65. The molecular weight excluding hydrogens is 528 g/mol. The van der Waals surface area contributed by atoms with Crippen LogP contribution in [-0.2, 0) is 14.3 Å². The van der Waals surface area contributed by atoms with Gasteiger partial charge < -0.3 is 19.6 Å². The number of aliphatic hydroxyl groups is 1. The first-order valence-corrected chi connectivity index (χ1v) is 15.9. The van der Waals surface area contributed by atoms with Gasteiger partial charge in [0.1, 0.15) is 29.8 Å². The van der Waals surface area contributed by atoms with E-state index in [4.69, 9.17) is 4.74 Å². The minimum atomic E-state index is -0.728. The van der Waals surface area contributed by atoms with Crippen LogP contribution in [0.5, 0.6) is 0 Å². The maximum absolute atomic E-state index is 13.6. The lowest BCUT2D eigenvalue weighted by Crippen LogP contribution is -2.63. The van der Waals surface area contributed by atoms with Crippen molar-refractivity contribution in [2.45, 2.75) is 72.0 Å². The number of anilines is 2. The first-order chi connectivity index (χ1) is 18.8. The Bertz CT molecular complexity index is 1270. The SMILES string of the molecule is C=C[C@]1(C)C[C@@H](OC(=O)CN(C)c2c(N3CCSCC3)c(=O)c2=O)[C@]2(C)[C@H](C)CC[C@]3(CCC(=O)[C@H]32)[C@@H](C)[C@@H]1O. The number of Topliss-reactive ketones (excluding diaryl/α,β-unsaturated/α-hetero) is 1. The summed E-state index contributed by atoms with van der Waals surface area (Å²) in [5.74, 6) is 1.22. The fourth-order valence-corrected chi connectivity index (χ4v) is 9.68. The van der Waals surface area contributed by atoms with Crippen LogP contribution in [0.3, 0.4) is 0 Å². The molecule has 8 nitrogen and oxygen atoms in total. The number of likely N-dealkylation sites (N-methyl/N-ethyl adjacent to an activating group) is 1. The van der Waals surface area contributed by atoms with Crippen molar-refractivity contribution in [3.63, 3.8) is 0 Å². The Kier molecular flexibility index (Phi) is 7.56. The minimum absolute atomic E-state index is 0.0951. The van der Waals surface area contributed by atoms with E-state index in [0.717, 1.165) is 30.8 Å². The Balaban J connectivity index is 1.45. The van der Waals surface area contributed by atoms with Crippen LogP contribution >= 0.6 is 11.8 Å². The highest BCUT2D eigenvalue weighted by atomic mass is 32.2. The number of esters is 1. The molecule has 9 heteroatoms. The Morgan fingerprint density at radius 1 is 1.18 bits per heavy atom. The predicted octanol–water partition coefficient (Wildman–Crippen LogP) is 3.18. The lowest BCUT2D eigenvalue weighted by atomic mass is 9.44. The lowest BCUT2D eigenvalue weighted by Gasteiger charge is -2.61. The average molecular weight is 573 g/mol. The van der Waals surface area contributed by atoms with Crippen molar-refractivity contribution < 1.29 is 19.4 Å². The van der Waals surface area contributed by atoms with Crippen LogP contribution in [0.25, 0.3) is 0 Å². The second-order valence-corrected chi connectivity index (χ2v) is 14.6. The summed E-state index contributed by atoms with van der Waals surface area (Å²) in [5.41, 5.74) is -2.04. The molecule has 8 atom stereocenters. The molecule has 1 saturated heterocycles. The molecule has 4 fully saturated rings. The highest BCUT2D eigenvalue weighted by molar-refractivity contribution is 7.99. The molecule has 0 amide bonds. The maximum Gasteiger partial charge on any atom is 0.325 e. The van der Waals surface area contributed by atoms with Gasteiger partial charge in [0.05, 0.1) is 6.10 Å². The van der Waals surface area contributed by atoms with Crippen LogP contribution in [-0.4, -0.2) is 67.3 Å². The number of ether oxygens (including phenoxy) is 1. The van der Waals surface area contributed by atoms with Gasteiger partial charge in [-0.05, 0) is 42.9 Å². The van der Waals surface area contributed by atoms with Gasteiger partial charge in [-0.2, -0.15) is 11.8 Å². The molecule has 3 saturated carbocycles. The monoisotopic (exact) mass is 572 g/mol. The van der Waals surface area contributed by atoms with Crippen molar-refractivity contribution in [2.24, 2.45) is 34.0 Å². The highest BCUT2D eigenvalue weighted by Gasteiger charge is 2.68. The quantitative estimate of drug-likeness (QED) is 0.313. The van der Waals surface area contributed by atoms with Gasteiger partial charge in [-0.15, -0.1) is 6.58 Å². The van der Waals surface area contributed by atoms with Crippen molar-refractivity contribution in [1.82, 2.24) is 0 Å². The molecule has 0 aromatic heterocycles. The number of carbonyl (C=O) groups is 2. The summed E-state index contributed by atoms with van der Waals surface area (Å²) in [6, 6.07) is 0. The van der Waals surface area contributed by atoms with Gasteiger partial charge in [-0.3, -0.25) is 19.2 Å². The maximum atomic E-state index is 13.6. The number of rotatable bonds is 6. The molecule has 1 aromatic carbocycles. The Hall–Kier alpha value is -2.13. The third-order valence-electron chi connectivity index (χ3n) is 11.5. The molecular formula is C31H44N2O6S. The zero-order valence-corrected chi connectivity index (χ0v) is 25.3. The number of ketones is 1. The predicted molar refractivity (Wildman–Crippen MR) is 159 cm³/mol. The number of aliphatic hydroxyl groups excluding tert-OH is 1.